The van der Waals surface area contributed by atoms with Crippen LogP contribution in [0.25, 0.3) is 11.1 Å². The molecule has 1 spiro atoms. The van der Waals surface area contributed by atoms with Crippen LogP contribution in [-0.4, -0.2) is 35.2 Å². The highest BCUT2D eigenvalue weighted by atomic mass is 15.1. The Morgan fingerprint density at radius 3 is 1.38 bits per heavy atom. The van der Waals surface area contributed by atoms with Crippen molar-refractivity contribution in [2.75, 3.05) is 49.9 Å². The first kappa shape index (κ1) is 22.7. The number of fused-ring (bicyclic) bond motifs is 9. The monoisotopic (exact) mass is 481 g/mol. The summed E-state index contributed by atoms with van der Waals surface area (Å²) < 4.78 is 0. The summed E-state index contributed by atoms with van der Waals surface area (Å²) in [5.74, 6) is 0. The lowest BCUT2D eigenvalue weighted by atomic mass is 9.64. The van der Waals surface area contributed by atoms with E-state index in [0.717, 1.165) is 45.0 Å². The van der Waals surface area contributed by atoms with Gasteiger partial charge in [-0.25, -0.2) is 0 Å². The Morgan fingerprint density at radius 2 is 1.00 bits per heavy atom. The Bertz CT molecular complexity index is 1560. The van der Waals surface area contributed by atoms with Gasteiger partial charge in [0.05, 0.1) is 28.7 Å². The minimum atomic E-state index is -0.570. The van der Waals surface area contributed by atoms with Gasteiger partial charge in [0.1, 0.15) is 0 Å². The average Bonchev–Trinajstić information content (AvgIpc) is 3.20. The summed E-state index contributed by atoms with van der Waals surface area (Å²) >= 11 is 0. The van der Waals surface area contributed by atoms with Gasteiger partial charge in [0.25, 0.3) is 0 Å². The van der Waals surface area contributed by atoms with Crippen LogP contribution in [0.3, 0.4) is 0 Å². The van der Waals surface area contributed by atoms with E-state index in [1.54, 1.807) is 0 Å². The lowest BCUT2D eigenvalue weighted by Gasteiger charge is -2.44. The highest BCUT2D eigenvalue weighted by Gasteiger charge is 2.51. The summed E-state index contributed by atoms with van der Waals surface area (Å²) in [7, 11) is 10.4. The lowest BCUT2D eigenvalue weighted by Crippen LogP contribution is -2.36. The molecule has 0 N–H and O–H groups in total. The van der Waals surface area contributed by atoms with Gasteiger partial charge in [-0.15, -0.1) is 0 Å². The van der Waals surface area contributed by atoms with Crippen molar-refractivity contribution in [3.63, 3.8) is 0 Å². The fraction of sp³-hybridized carbons (Fsp3) is 0.188. The van der Waals surface area contributed by atoms with E-state index in [9.17, 15) is 10.5 Å². The molecule has 1 aliphatic heterocycles. The highest BCUT2D eigenvalue weighted by Crippen LogP contribution is 2.62. The maximum atomic E-state index is 9.72. The molecule has 0 bridgehead atoms. The molecule has 4 aromatic carbocycles. The second-order valence-electron chi connectivity index (χ2n) is 10.2. The number of anilines is 4. The number of nitrogens with zero attached hydrogens (tertiary/aromatic N) is 5. The molecule has 5 heteroatoms. The molecule has 0 fully saturated rings. The van der Waals surface area contributed by atoms with Crippen molar-refractivity contribution >= 4 is 22.7 Å². The average molecular weight is 482 g/mol. The molecule has 0 saturated heterocycles. The zero-order valence-corrected chi connectivity index (χ0v) is 21.7. The van der Waals surface area contributed by atoms with Crippen molar-refractivity contribution in [1.29, 1.82) is 10.5 Å². The van der Waals surface area contributed by atoms with Crippen molar-refractivity contribution in [2.45, 2.75) is 5.41 Å². The molecule has 1 heterocycles. The fourth-order valence-electron chi connectivity index (χ4n) is 6.11. The van der Waals surface area contributed by atoms with Crippen LogP contribution in [0.1, 0.15) is 33.4 Å². The third-order valence-electron chi connectivity index (χ3n) is 7.92. The minimum Gasteiger partial charge on any atom is -0.378 e. The van der Waals surface area contributed by atoms with E-state index in [1.807, 2.05) is 24.3 Å². The van der Waals surface area contributed by atoms with Crippen molar-refractivity contribution < 1.29 is 0 Å². The maximum absolute atomic E-state index is 9.72. The number of hydrogen-bond acceptors (Lipinski definition) is 5. The van der Waals surface area contributed by atoms with Crippen LogP contribution in [0.4, 0.5) is 22.7 Å². The summed E-state index contributed by atoms with van der Waals surface area (Å²) in [6, 6.07) is 30.0. The first-order valence-corrected chi connectivity index (χ1v) is 12.3. The Balaban J connectivity index is 1.80. The van der Waals surface area contributed by atoms with Crippen LogP contribution in [0.2, 0.25) is 0 Å². The predicted octanol–water partition coefficient (Wildman–Crippen LogP) is 6.01. The van der Waals surface area contributed by atoms with Gasteiger partial charge in [0, 0.05) is 58.0 Å². The second kappa shape index (κ2) is 7.88. The molecule has 37 heavy (non-hydrogen) atoms. The van der Waals surface area contributed by atoms with E-state index in [0.29, 0.717) is 11.1 Å². The van der Waals surface area contributed by atoms with Crippen LogP contribution in [-0.2, 0) is 5.41 Å². The molecule has 0 unspecified atom stereocenters. The number of rotatable bonds is 2. The molecule has 6 rings (SSSR count). The topological polar surface area (TPSA) is 57.3 Å². The van der Waals surface area contributed by atoms with E-state index in [2.05, 4.69) is 111 Å². The standard InChI is InChI=1S/C32H27N5/c1-35(2)22-8-12-28-30(16-22)37(5)31-17-23(36(3)4)9-13-29(31)32(28)26-10-6-20(18-33)14-24(26)25-15-21(19-34)7-11-27(25)32/h6-17H,1-5H3. The first-order chi connectivity index (χ1) is 17.8. The third-order valence-corrected chi connectivity index (χ3v) is 7.92. The molecule has 4 aromatic rings. The van der Waals surface area contributed by atoms with E-state index in [1.165, 1.54) is 11.1 Å². The van der Waals surface area contributed by atoms with Gasteiger partial charge in [-0.1, -0.05) is 24.3 Å². The third kappa shape index (κ3) is 2.95. The number of nitriles is 2. The smallest absolute Gasteiger partial charge is 0.0991 e. The summed E-state index contributed by atoms with van der Waals surface area (Å²) in [6.45, 7) is 0. The Hall–Kier alpha value is -4.74. The van der Waals surface area contributed by atoms with E-state index in [-0.39, 0.29) is 0 Å². The van der Waals surface area contributed by atoms with Gasteiger partial charge in [-0.05, 0) is 81.9 Å². The molecule has 5 nitrogen and oxygen atoms in total. The largest absolute Gasteiger partial charge is 0.378 e. The molecule has 0 atom stereocenters. The molecule has 0 aromatic heterocycles. The lowest BCUT2D eigenvalue weighted by molar-refractivity contribution is 0.747. The quantitative estimate of drug-likeness (QED) is 0.309. The Morgan fingerprint density at radius 1 is 0.595 bits per heavy atom. The van der Waals surface area contributed by atoms with E-state index < -0.39 is 5.41 Å². The van der Waals surface area contributed by atoms with Crippen LogP contribution in [0, 0.1) is 22.7 Å². The zero-order valence-electron chi connectivity index (χ0n) is 21.7. The van der Waals surface area contributed by atoms with Crippen molar-refractivity contribution in [3.8, 4) is 23.3 Å². The second-order valence-corrected chi connectivity index (χ2v) is 10.2. The van der Waals surface area contributed by atoms with Gasteiger partial charge < -0.3 is 14.7 Å². The van der Waals surface area contributed by atoms with Gasteiger partial charge in [-0.3, -0.25) is 0 Å². The Kier molecular flexibility index (Phi) is 4.84. The van der Waals surface area contributed by atoms with Gasteiger partial charge >= 0.3 is 0 Å². The predicted molar refractivity (Wildman–Crippen MR) is 150 cm³/mol. The fourth-order valence-corrected chi connectivity index (χ4v) is 6.11. The van der Waals surface area contributed by atoms with Crippen LogP contribution < -0.4 is 14.7 Å². The Labute approximate surface area is 218 Å². The van der Waals surface area contributed by atoms with Crippen LogP contribution in [0.15, 0.2) is 72.8 Å². The number of hydrogen-bond donors (Lipinski definition) is 0. The zero-order chi connectivity index (χ0) is 26.1. The van der Waals surface area contributed by atoms with Gasteiger partial charge in [0.15, 0.2) is 0 Å². The van der Waals surface area contributed by atoms with E-state index >= 15 is 0 Å². The van der Waals surface area contributed by atoms with Gasteiger partial charge in [-0.2, -0.15) is 10.5 Å². The van der Waals surface area contributed by atoms with Crippen molar-refractivity contribution in [3.05, 3.63) is 106 Å². The van der Waals surface area contributed by atoms with Crippen LogP contribution in [0.5, 0.6) is 0 Å². The normalized spacial score (nSPS) is 13.6. The van der Waals surface area contributed by atoms with Crippen molar-refractivity contribution in [2.24, 2.45) is 0 Å². The van der Waals surface area contributed by atoms with Crippen molar-refractivity contribution in [1.82, 2.24) is 0 Å². The SMILES string of the molecule is CN(C)c1ccc2c(c1)N(C)c1cc(N(C)C)ccc1C21c2ccc(C#N)cc2-c2cc(C#N)ccc21. The molecule has 2 aliphatic rings. The van der Waals surface area contributed by atoms with E-state index in [4.69, 9.17) is 0 Å². The molecule has 0 radical (unpaired) electrons. The summed E-state index contributed by atoms with van der Waals surface area (Å²) in [4.78, 5) is 6.55. The molecule has 1 aliphatic carbocycles. The molecule has 0 saturated carbocycles. The summed E-state index contributed by atoms with van der Waals surface area (Å²) in [6.07, 6.45) is 0. The highest BCUT2D eigenvalue weighted by molar-refractivity contribution is 5.94. The first-order valence-electron chi connectivity index (χ1n) is 12.3. The molecular weight excluding hydrogens is 454 g/mol. The van der Waals surface area contributed by atoms with Gasteiger partial charge in [0.2, 0.25) is 0 Å². The minimum absolute atomic E-state index is 0.570. The molecular formula is C32H27N5. The summed E-state index contributed by atoms with van der Waals surface area (Å²) in [5.41, 5.74) is 11.9. The maximum Gasteiger partial charge on any atom is 0.0991 e. The molecule has 0 amide bonds. The summed E-state index contributed by atoms with van der Waals surface area (Å²) in [5, 5.41) is 19.4. The molecule has 180 valence electrons. The van der Waals surface area contributed by atoms with Crippen LogP contribution >= 0.6 is 0 Å². The number of benzene rings is 4.